The molecule has 0 aliphatic carbocycles. The van der Waals surface area contributed by atoms with Crippen LogP contribution >= 0.6 is 0 Å². The molecule has 0 heterocycles. The van der Waals surface area contributed by atoms with Crippen molar-refractivity contribution in [2.45, 2.75) is 0 Å². The van der Waals surface area contributed by atoms with E-state index in [1.165, 1.54) is 13.2 Å². The molecule has 110 valence electrons. The van der Waals surface area contributed by atoms with Gasteiger partial charge in [-0.25, -0.2) is 0 Å². The molecule has 0 aromatic heterocycles. The van der Waals surface area contributed by atoms with E-state index in [0.717, 1.165) is 0 Å². The van der Waals surface area contributed by atoms with E-state index >= 15 is 0 Å². The number of nitro groups is 2. The van der Waals surface area contributed by atoms with E-state index in [2.05, 4.69) is 0 Å². The van der Waals surface area contributed by atoms with E-state index in [-0.39, 0.29) is 16.8 Å². The van der Waals surface area contributed by atoms with Gasteiger partial charge in [0.25, 0.3) is 0 Å². The maximum atomic E-state index is 11.4. The summed E-state index contributed by atoms with van der Waals surface area (Å²) in [5, 5.41) is 23.2. The fraction of sp³-hybridized carbons (Fsp3) is 0.231. The number of hydrogen-bond acceptors (Lipinski definition) is 6. The Morgan fingerprint density at radius 3 is 2.05 bits per heavy atom. The Morgan fingerprint density at radius 1 is 1.00 bits per heavy atom. The molecule has 0 saturated carbocycles. The lowest BCUT2D eigenvalue weighted by molar-refractivity contribution is -0.390. The number of methoxy groups -OCH3 is 1. The summed E-state index contributed by atoms with van der Waals surface area (Å²) < 4.78 is 4.97. The minimum atomic E-state index is -0.659. The summed E-state index contributed by atoms with van der Waals surface area (Å²) in [7, 11) is 4.57. The average Bonchev–Trinajstić information content (AvgIpc) is 2.43. The number of ether oxygens (including phenoxy) is 1. The van der Waals surface area contributed by atoms with Crippen molar-refractivity contribution in [2.24, 2.45) is 0 Å². The Labute approximate surface area is 119 Å². The van der Waals surface area contributed by atoms with Gasteiger partial charge in [-0.05, 0) is 23.6 Å². The third kappa shape index (κ3) is 2.31. The van der Waals surface area contributed by atoms with E-state index in [9.17, 15) is 20.2 Å². The van der Waals surface area contributed by atoms with E-state index in [1.807, 2.05) is 0 Å². The van der Waals surface area contributed by atoms with Crippen molar-refractivity contribution in [1.29, 1.82) is 0 Å². The van der Waals surface area contributed by atoms with Crippen LogP contribution in [0.5, 0.6) is 5.75 Å². The first-order chi connectivity index (χ1) is 9.88. The van der Waals surface area contributed by atoms with Crippen LogP contribution in [0.2, 0.25) is 0 Å². The fourth-order valence-corrected chi connectivity index (χ4v) is 2.24. The molecule has 8 heteroatoms. The topological polar surface area (TPSA) is 98.8 Å². The van der Waals surface area contributed by atoms with Crippen molar-refractivity contribution >= 4 is 27.8 Å². The van der Waals surface area contributed by atoms with Gasteiger partial charge in [0.15, 0.2) is 5.75 Å². The molecule has 0 unspecified atom stereocenters. The van der Waals surface area contributed by atoms with Crippen LogP contribution in [-0.4, -0.2) is 31.1 Å². The van der Waals surface area contributed by atoms with Crippen LogP contribution in [0.1, 0.15) is 0 Å². The van der Waals surface area contributed by atoms with E-state index in [4.69, 9.17) is 4.74 Å². The standard InChI is InChI=1S/C13H13N3O5/c1-14(2)9-6-4-8-5-7-10(21-3)13(16(19)20)11(8)12(9)15(17)18/h4-7H,1-3H3. The molecule has 0 spiro atoms. The maximum Gasteiger partial charge on any atom is 0.325 e. The fourth-order valence-electron chi connectivity index (χ4n) is 2.24. The van der Waals surface area contributed by atoms with Crippen LogP contribution in [0.4, 0.5) is 17.1 Å². The smallest absolute Gasteiger partial charge is 0.325 e. The second-order valence-corrected chi connectivity index (χ2v) is 4.56. The van der Waals surface area contributed by atoms with Crippen LogP contribution in [0.3, 0.4) is 0 Å². The molecule has 0 fully saturated rings. The predicted octanol–water partition coefficient (Wildman–Crippen LogP) is 2.73. The molecule has 0 bridgehead atoms. The van der Waals surface area contributed by atoms with Crippen molar-refractivity contribution in [3.63, 3.8) is 0 Å². The van der Waals surface area contributed by atoms with Crippen LogP contribution in [0.25, 0.3) is 10.8 Å². The summed E-state index contributed by atoms with van der Waals surface area (Å²) in [4.78, 5) is 23.0. The molecule has 0 amide bonds. The molecule has 2 aromatic rings. The van der Waals surface area contributed by atoms with Crippen LogP contribution < -0.4 is 9.64 Å². The quantitative estimate of drug-likeness (QED) is 0.634. The molecule has 0 N–H and O–H groups in total. The number of fused-ring (bicyclic) bond motifs is 1. The van der Waals surface area contributed by atoms with Gasteiger partial charge in [0.1, 0.15) is 11.1 Å². The van der Waals surface area contributed by atoms with Gasteiger partial charge in [-0.1, -0.05) is 6.07 Å². The molecular formula is C13H13N3O5. The van der Waals surface area contributed by atoms with E-state index < -0.39 is 15.5 Å². The second kappa shape index (κ2) is 5.23. The minimum Gasteiger partial charge on any atom is -0.490 e. The summed E-state index contributed by atoms with van der Waals surface area (Å²) in [5.74, 6) is -0.00786. The van der Waals surface area contributed by atoms with Crippen molar-refractivity contribution in [1.82, 2.24) is 0 Å². The number of rotatable bonds is 4. The van der Waals surface area contributed by atoms with Crippen molar-refractivity contribution < 1.29 is 14.6 Å². The molecule has 21 heavy (non-hydrogen) atoms. The third-order valence-corrected chi connectivity index (χ3v) is 3.14. The summed E-state index contributed by atoms with van der Waals surface area (Å²) >= 11 is 0. The van der Waals surface area contributed by atoms with E-state index in [0.29, 0.717) is 11.1 Å². The summed E-state index contributed by atoms with van der Waals surface area (Å²) in [5.41, 5.74) is -0.405. The molecule has 2 aromatic carbocycles. The summed E-state index contributed by atoms with van der Waals surface area (Å²) in [6.07, 6.45) is 0. The van der Waals surface area contributed by atoms with Gasteiger partial charge in [-0.2, -0.15) is 0 Å². The molecule has 0 aliphatic heterocycles. The van der Waals surface area contributed by atoms with Crippen molar-refractivity contribution in [3.05, 3.63) is 44.5 Å². The van der Waals surface area contributed by atoms with Crippen molar-refractivity contribution in [2.75, 3.05) is 26.1 Å². The first-order valence-corrected chi connectivity index (χ1v) is 5.98. The lowest BCUT2D eigenvalue weighted by Gasteiger charge is -2.14. The average molecular weight is 291 g/mol. The first kappa shape index (κ1) is 14.5. The van der Waals surface area contributed by atoms with Crippen LogP contribution in [-0.2, 0) is 0 Å². The number of nitro benzene ring substituents is 2. The zero-order valence-electron chi connectivity index (χ0n) is 11.7. The maximum absolute atomic E-state index is 11.4. The molecule has 2 rings (SSSR count). The number of hydrogen-bond donors (Lipinski definition) is 0. The highest BCUT2D eigenvalue weighted by molar-refractivity contribution is 6.04. The highest BCUT2D eigenvalue weighted by Gasteiger charge is 2.30. The molecule has 0 aliphatic rings. The molecule has 0 atom stereocenters. The van der Waals surface area contributed by atoms with Crippen LogP contribution in [0.15, 0.2) is 24.3 Å². The highest BCUT2D eigenvalue weighted by Crippen LogP contribution is 2.44. The Hall–Kier alpha value is -2.90. The van der Waals surface area contributed by atoms with Gasteiger partial charge in [-0.3, -0.25) is 20.2 Å². The number of anilines is 1. The molecular weight excluding hydrogens is 278 g/mol. The highest BCUT2D eigenvalue weighted by atomic mass is 16.6. The lowest BCUT2D eigenvalue weighted by atomic mass is 10.0. The summed E-state index contributed by atoms with van der Waals surface area (Å²) in [6.45, 7) is 0. The monoisotopic (exact) mass is 291 g/mol. The summed E-state index contributed by atoms with van der Waals surface area (Å²) in [6, 6.07) is 6.17. The van der Waals surface area contributed by atoms with E-state index in [1.54, 1.807) is 37.2 Å². The molecule has 0 saturated heterocycles. The Balaban J connectivity index is 3.05. The largest absolute Gasteiger partial charge is 0.490 e. The predicted molar refractivity (Wildman–Crippen MR) is 78.1 cm³/mol. The van der Waals surface area contributed by atoms with Gasteiger partial charge in [-0.15, -0.1) is 0 Å². The Bertz CT molecular complexity index is 742. The zero-order chi connectivity index (χ0) is 15.7. The third-order valence-electron chi connectivity index (χ3n) is 3.14. The SMILES string of the molecule is COc1ccc2ccc(N(C)C)c([N+](=O)[O-])c2c1[N+](=O)[O-]. The Morgan fingerprint density at radius 2 is 1.57 bits per heavy atom. The Kier molecular flexibility index (Phi) is 3.62. The van der Waals surface area contributed by atoms with Gasteiger partial charge in [0.2, 0.25) is 0 Å². The minimum absolute atomic E-state index is 0.00786. The van der Waals surface area contributed by atoms with Crippen molar-refractivity contribution in [3.8, 4) is 5.75 Å². The zero-order valence-corrected chi connectivity index (χ0v) is 11.7. The molecule has 0 radical (unpaired) electrons. The first-order valence-electron chi connectivity index (χ1n) is 5.98. The van der Waals surface area contributed by atoms with Crippen LogP contribution in [0, 0.1) is 20.2 Å². The number of benzene rings is 2. The number of nitrogens with zero attached hydrogens (tertiary/aromatic N) is 3. The lowest BCUT2D eigenvalue weighted by Crippen LogP contribution is -2.11. The van der Waals surface area contributed by atoms with Gasteiger partial charge in [0.05, 0.1) is 17.0 Å². The van der Waals surface area contributed by atoms with Gasteiger partial charge < -0.3 is 9.64 Å². The normalized spacial score (nSPS) is 10.4. The van der Waals surface area contributed by atoms with Gasteiger partial charge >= 0.3 is 11.4 Å². The second-order valence-electron chi connectivity index (χ2n) is 4.56. The molecule has 8 nitrogen and oxygen atoms in total. The van der Waals surface area contributed by atoms with Gasteiger partial charge in [0, 0.05) is 14.1 Å².